The topological polar surface area (TPSA) is 57.0 Å². The summed E-state index contributed by atoms with van der Waals surface area (Å²) in [5.41, 5.74) is -1.34. The fraction of sp³-hybridized carbons (Fsp3) is 0.588. The van der Waals surface area contributed by atoms with Gasteiger partial charge in [0, 0.05) is 18.3 Å². The molecule has 1 saturated heterocycles. The molecule has 8 heteroatoms. The molecule has 0 N–H and O–H groups in total. The van der Waals surface area contributed by atoms with Gasteiger partial charge in [-0.25, -0.2) is 4.98 Å². The van der Waals surface area contributed by atoms with Crippen LogP contribution < -0.4 is 0 Å². The first-order valence-electron chi connectivity index (χ1n) is 8.19. The molecule has 0 saturated carbocycles. The van der Waals surface area contributed by atoms with Crippen molar-refractivity contribution in [2.45, 2.75) is 56.8 Å². The Hall–Kier alpha value is -1.75. The first-order chi connectivity index (χ1) is 11.8. The highest BCUT2D eigenvalue weighted by molar-refractivity contribution is 8.00. The molecule has 0 spiro atoms. The van der Waals surface area contributed by atoms with Crippen molar-refractivity contribution >= 4 is 17.7 Å². The van der Waals surface area contributed by atoms with Crippen molar-refractivity contribution in [3.05, 3.63) is 22.9 Å². The number of aryl methyl sites for hydroxylation is 1. The molecule has 0 bridgehead atoms. The Morgan fingerprint density at radius 2 is 2.20 bits per heavy atom. The molecular weight excluding hydrogens is 351 g/mol. The van der Waals surface area contributed by atoms with E-state index in [-0.39, 0.29) is 28.4 Å². The lowest BCUT2D eigenvalue weighted by Crippen LogP contribution is -2.44. The second kappa shape index (κ2) is 8.09. The number of piperidine rings is 1. The minimum Gasteiger partial charge on any atom is -0.339 e. The van der Waals surface area contributed by atoms with E-state index in [2.05, 4.69) is 4.98 Å². The van der Waals surface area contributed by atoms with Gasteiger partial charge in [0.15, 0.2) is 0 Å². The highest BCUT2D eigenvalue weighted by atomic mass is 32.2. The summed E-state index contributed by atoms with van der Waals surface area (Å²) in [7, 11) is 0. The largest absolute Gasteiger partial charge is 0.417 e. The van der Waals surface area contributed by atoms with Gasteiger partial charge in [0.05, 0.1) is 16.9 Å². The van der Waals surface area contributed by atoms with Crippen LogP contribution in [0.5, 0.6) is 0 Å². The summed E-state index contributed by atoms with van der Waals surface area (Å²) in [6.45, 7) is 4.15. The van der Waals surface area contributed by atoms with Crippen molar-refractivity contribution in [1.82, 2.24) is 9.88 Å². The Kier molecular flexibility index (Phi) is 6.33. The third-order valence-corrected chi connectivity index (χ3v) is 5.24. The van der Waals surface area contributed by atoms with Gasteiger partial charge in [0.25, 0.3) is 0 Å². The Bertz CT molecular complexity index is 685. The predicted molar refractivity (Wildman–Crippen MR) is 89.1 cm³/mol. The summed E-state index contributed by atoms with van der Waals surface area (Å²) in [4.78, 5) is 18.3. The highest BCUT2D eigenvalue weighted by Crippen LogP contribution is 2.36. The van der Waals surface area contributed by atoms with Crippen molar-refractivity contribution in [2.24, 2.45) is 0 Å². The molecule has 25 heavy (non-hydrogen) atoms. The van der Waals surface area contributed by atoms with Crippen LogP contribution in [-0.2, 0) is 11.0 Å². The fourth-order valence-corrected chi connectivity index (χ4v) is 3.98. The summed E-state index contributed by atoms with van der Waals surface area (Å²) in [6.07, 6.45) is -0.782. The van der Waals surface area contributed by atoms with Crippen LogP contribution in [0.25, 0.3) is 0 Å². The van der Waals surface area contributed by atoms with E-state index in [1.54, 1.807) is 6.07 Å². The molecule has 0 radical (unpaired) electrons. The fourth-order valence-electron chi connectivity index (χ4n) is 3.05. The number of alkyl halides is 3. The quantitative estimate of drug-likeness (QED) is 0.746. The van der Waals surface area contributed by atoms with Gasteiger partial charge in [0.1, 0.15) is 11.1 Å². The smallest absolute Gasteiger partial charge is 0.339 e. The molecule has 1 atom stereocenters. The van der Waals surface area contributed by atoms with Crippen LogP contribution in [0.3, 0.4) is 0 Å². The summed E-state index contributed by atoms with van der Waals surface area (Å²) < 4.78 is 39.4. The zero-order chi connectivity index (χ0) is 18.6. The first-order valence-corrected chi connectivity index (χ1v) is 9.17. The minimum atomic E-state index is -4.63. The molecule has 0 aromatic carbocycles. The number of hydrogen-bond acceptors (Lipinski definition) is 4. The van der Waals surface area contributed by atoms with Gasteiger partial charge in [-0.1, -0.05) is 18.7 Å². The average molecular weight is 371 g/mol. The van der Waals surface area contributed by atoms with E-state index < -0.39 is 17.3 Å². The maximum atomic E-state index is 13.1. The molecule has 136 valence electrons. The van der Waals surface area contributed by atoms with Crippen molar-refractivity contribution in [3.8, 4) is 6.07 Å². The maximum absolute atomic E-state index is 13.1. The molecule has 2 rings (SSSR count). The maximum Gasteiger partial charge on any atom is 0.417 e. The van der Waals surface area contributed by atoms with Crippen LogP contribution in [0, 0.1) is 18.3 Å². The molecule has 2 heterocycles. The minimum absolute atomic E-state index is 0.0149. The molecular formula is C17H20F3N3OS. The van der Waals surface area contributed by atoms with Gasteiger partial charge in [-0.15, -0.1) is 0 Å². The van der Waals surface area contributed by atoms with Crippen molar-refractivity contribution < 1.29 is 18.0 Å². The monoisotopic (exact) mass is 371 g/mol. The van der Waals surface area contributed by atoms with E-state index in [0.29, 0.717) is 6.54 Å². The van der Waals surface area contributed by atoms with E-state index in [9.17, 15) is 18.0 Å². The standard InChI is InChI=1S/C17H20F3N3OS/c1-3-12-6-4-5-7-23(12)15(24)10-25-16-13(9-21)14(17(18,19)20)8-11(2)22-16/h8,12H,3-7,10H2,1-2H3. The molecule has 0 aliphatic carbocycles. The number of likely N-dealkylation sites (tertiary alicyclic amines) is 1. The SMILES string of the molecule is CCC1CCCCN1C(=O)CSc1nc(C)cc(C(F)(F)F)c1C#N. The number of halogens is 3. The zero-order valence-electron chi connectivity index (χ0n) is 14.2. The molecule has 1 fully saturated rings. The number of carbonyl (C=O) groups excluding carboxylic acids is 1. The average Bonchev–Trinajstić information content (AvgIpc) is 2.58. The lowest BCUT2D eigenvalue weighted by molar-refractivity contribution is -0.138. The number of thioether (sulfide) groups is 1. The van der Waals surface area contributed by atoms with Crippen molar-refractivity contribution in [2.75, 3.05) is 12.3 Å². The summed E-state index contributed by atoms with van der Waals surface area (Å²) in [6, 6.07) is 2.64. The number of nitriles is 1. The number of carbonyl (C=O) groups is 1. The molecule has 1 unspecified atom stereocenters. The van der Waals surface area contributed by atoms with Crippen LogP contribution in [0.2, 0.25) is 0 Å². The predicted octanol–water partition coefficient (Wildman–Crippen LogP) is 4.16. The van der Waals surface area contributed by atoms with Crippen LogP contribution in [0.4, 0.5) is 13.2 Å². The van der Waals surface area contributed by atoms with Crippen molar-refractivity contribution in [3.63, 3.8) is 0 Å². The van der Waals surface area contributed by atoms with E-state index >= 15 is 0 Å². The number of amides is 1. The Morgan fingerprint density at radius 1 is 1.48 bits per heavy atom. The number of pyridine rings is 1. The van der Waals surface area contributed by atoms with Gasteiger partial charge >= 0.3 is 6.18 Å². The van der Waals surface area contributed by atoms with Crippen molar-refractivity contribution in [1.29, 1.82) is 5.26 Å². The van der Waals surface area contributed by atoms with Gasteiger partial charge in [-0.2, -0.15) is 18.4 Å². The zero-order valence-corrected chi connectivity index (χ0v) is 15.0. The van der Waals surface area contributed by atoms with E-state index in [0.717, 1.165) is 43.5 Å². The Labute approximate surface area is 149 Å². The number of nitrogens with zero attached hydrogens (tertiary/aromatic N) is 3. The van der Waals surface area contributed by atoms with Gasteiger partial charge in [-0.05, 0) is 38.7 Å². The first kappa shape index (κ1) is 19.6. The second-order valence-electron chi connectivity index (χ2n) is 6.03. The Balaban J connectivity index is 2.19. The molecule has 1 aromatic rings. The highest BCUT2D eigenvalue weighted by Gasteiger charge is 2.36. The summed E-state index contributed by atoms with van der Waals surface area (Å²) in [5.74, 6) is -0.129. The van der Waals surface area contributed by atoms with E-state index in [1.165, 1.54) is 6.92 Å². The second-order valence-corrected chi connectivity index (χ2v) is 7.00. The molecule has 4 nitrogen and oxygen atoms in total. The Morgan fingerprint density at radius 3 is 2.80 bits per heavy atom. The normalized spacial score (nSPS) is 18.1. The number of rotatable bonds is 4. The third kappa shape index (κ3) is 4.66. The summed E-state index contributed by atoms with van der Waals surface area (Å²) >= 11 is 0.906. The number of aromatic nitrogens is 1. The molecule has 1 amide bonds. The van der Waals surface area contributed by atoms with E-state index in [4.69, 9.17) is 5.26 Å². The van der Waals surface area contributed by atoms with Crippen LogP contribution >= 0.6 is 11.8 Å². The molecule has 1 aliphatic heterocycles. The summed E-state index contributed by atoms with van der Waals surface area (Å²) in [5, 5.41) is 9.11. The van der Waals surface area contributed by atoms with E-state index in [1.807, 2.05) is 11.8 Å². The van der Waals surface area contributed by atoms with Crippen LogP contribution in [-0.4, -0.2) is 34.1 Å². The lowest BCUT2D eigenvalue weighted by Gasteiger charge is -2.35. The molecule has 1 aromatic heterocycles. The van der Waals surface area contributed by atoms with Gasteiger partial charge < -0.3 is 4.90 Å². The van der Waals surface area contributed by atoms with Gasteiger partial charge in [0.2, 0.25) is 5.91 Å². The third-order valence-electron chi connectivity index (χ3n) is 4.28. The molecule has 1 aliphatic rings. The van der Waals surface area contributed by atoms with Crippen LogP contribution in [0.15, 0.2) is 11.1 Å². The number of hydrogen-bond donors (Lipinski definition) is 0. The lowest BCUT2D eigenvalue weighted by atomic mass is 10.0. The van der Waals surface area contributed by atoms with Crippen LogP contribution in [0.1, 0.15) is 49.4 Å². The van der Waals surface area contributed by atoms with Gasteiger partial charge in [-0.3, -0.25) is 4.79 Å².